The van der Waals surface area contributed by atoms with E-state index in [9.17, 15) is 24.3 Å². The van der Waals surface area contributed by atoms with Gasteiger partial charge in [0.1, 0.15) is 40.7 Å². The molecule has 3 aliphatic rings. The number of aliphatic hydroxyl groups is 1. The van der Waals surface area contributed by atoms with Crippen LogP contribution in [-0.4, -0.2) is 110 Å². The van der Waals surface area contributed by atoms with Gasteiger partial charge in [-0.15, -0.1) is 0 Å². The van der Waals surface area contributed by atoms with Gasteiger partial charge in [-0.05, 0) is 63.5 Å². The van der Waals surface area contributed by atoms with Crippen molar-refractivity contribution >= 4 is 53.8 Å². The second kappa shape index (κ2) is 17.2. The minimum Gasteiger partial charge on any atom is -0.495 e. The molecule has 0 saturated carbocycles. The molecular formula is C37H52ClN3O10S. The first-order valence-corrected chi connectivity index (χ1v) is 18.5. The zero-order valence-electron chi connectivity index (χ0n) is 31.1. The number of fused-ring (bicyclic) bond motifs is 5. The zero-order chi connectivity index (χ0) is 38.5. The molecule has 1 aromatic carbocycles. The van der Waals surface area contributed by atoms with Crippen LogP contribution >= 0.6 is 24.2 Å². The maximum atomic E-state index is 14.1. The molecule has 4 bridgehead atoms. The van der Waals surface area contributed by atoms with E-state index in [-0.39, 0.29) is 30.2 Å². The van der Waals surface area contributed by atoms with Crippen LogP contribution in [0.15, 0.2) is 35.9 Å². The molecule has 288 valence electrons. The number of epoxide rings is 1. The number of anilines is 1. The third kappa shape index (κ3) is 9.25. The highest BCUT2D eigenvalue weighted by atomic mass is 35.5. The number of carbonyl (C=O) groups excluding carboxylic acids is 4. The lowest BCUT2D eigenvalue weighted by Gasteiger charge is -2.42. The van der Waals surface area contributed by atoms with Gasteiger partial charge in [-0.1, -0.05) is 42.3 Å². The number of rotatable bonds is 9. The van der Waals surface area contributed by atoms with E-state index >= 15 is 0 Å². The van der Waals surface area contributed by atoms with E-state index in [4.69, 9.17) is 35.3 Å². The maximum Gasteiger partial charge on any atom is 0.409 e. The smallest absolute Gasteiger partial charge is 0.409 e. The number of amides is 3. The number of likely N-dealkylation sites (N-methyl/N-ethyl adjacent to an activating group) is 1. The number of nitrogens with one attached hydrogen (secondary N) is 1. The fourth-order valence-electron chi connectivity index (χ4n) is 6.78. The summed E-state index contributed by atoms with van der Waals surface area (Å²) < 4.78 is 29.2. The molecule has 8 unspecified atom stereocenters. The largest absolute Gasteiger partial charge is 0.495 e. The Kier molecular flexibility index (Phi) is 13.7. The highest BCUT2D eigenvalue weighted by molar-refractivity contribution is 7.80. The number of carbonyl (C=O) groups is 4. The highest BCUT2D eigenvalue weighted by Gasteiger charge is 2.64. The zero-order valence-corrected chi connectivity index (χ0v) is 32.8. The number of allylic oxidation sites excluding steroid dienone is 3. The van der Waals surface area contributed by atoms with Crippen LogP contribution in [0.4, 0.5) is 10.5 Å². The van der Waals surface area contributed by atoms with Crippen molar-refractivity contribution in [2.45, 2.75) is 108 Å². The molecule has 3 amide bonds. The van der Waals surface area contributed by atoms with Crippen LogP contribution in [0.3, 0.4) is 0 Å². The summed E-state index contributed by atoms with van der Waals surface area (Å²) in [6, 6.07) is 2.63. The molecule has 52 heavy (non-hydrogen) atoms. The molecule has 2 N–H and O–H groups in total. The Morgan fingerprint density at radius 1 is 1.25 bits per heavy atom. The second-order valence-electron chi connectivity index (χ2n) is 14.1. The number of methoxy groups -OCH3 is 2. The van der Waals surface area contributed by atoms with E-state index < -0.39 is 65.7 Å². The summed E-state index contributed by atoms with van der Waals surface area (Å²) >= 11 is 11.0. The standard InChI is InChI=1S/C37H52ClN3O10S/c1-21-12-11-13-28(48-8)37(46)20-27(49-35(45)39-37)22(2)33-36(4,51-33)29(50-34(44)23(3)40(5)30(42)14-9-10-15-52)19-31(43)41(6)25-17-24(16-21)18-26(47-7)32(25)38/h11-13,17-18,22-23,27-29,33,46,52H,9-10,14-16,19-20H2,1-8H3,(H,39,45)/b13-11+,21-12+. The number of benzene rings is 1. The molecule has 3 heterocycles. The van der Waals surface area contributed by atoms with Gasteiger partial charge in [0.05, 0.1) is 25.3 Å². The number of ether oxygens (including phenoxy) is 5. The van der Waals surface area contributed by atoms with Gasteiger partial charge in [0.15, 0.2) is 5.72 Å². The number of thiol groups is 1. The summed E-state index contributed by atoms with van der Waals surface area (Å²) in [5, 5.41) is 14.5. The fraction of sp³-hybridized carbons (Fsp3) is 0.622. The van der Waals surface area contributed by atoms with Crippen molar-refractivity contribution in [3.63, 3.8) is 0 Å². The summed E-state index contributed by atoms with van der Waals surface area (Å²) in [6.07, 6.45) is 2.63. The first kappa shape index (κ1) is 41.5. The Balaban J connectivity index is 1.74. The quantitative estimate of drug-likeness (QED) is 0.140. The van der Waals surface area contributed by atoms with E-state index in [1.807, 2.05) is 13.0 Å². The lowest BCUT2D eigenvalue weighted by atomic mass is 9.83. The molecule has 15 heteroatoms. The molecule has 0 spiro atoms. The summed E-state index contributed by atoms with van der Waals surface area (Å²) in [5.41, 5.74) is -0.893. The van der Waals surface area contributed by atoms with Gasteiger partial charge in [0.2, 0.25) is 11.8 Å². The molecule has 0 radical (unpaired) electrons. The second-order valence-corrected chi connectivity index (χ2v) is 14.9. The molecule has 2 saturated heterocycles. The van der Waals surface area contributed by atoms with Crippen LogP contribution in [0.25, 0.3) is 0 Å². The lowest BCUT2D eigenvalue weighted by molar-refractivity contribution is -0.162. The molecule has 0 aromatic heterocycles. The van der Waals surface area contributed by atoms with E-state index in [0.29, 0.717) is 30.0 Å². The van der Waals surface area contributed by atoms with Gasteiger partial charge >= 0.3 is 12.1 Å². The number of nitrogens with zero attached hydrogens (tertiary/aromatic N) is 2. The molecule has 8 atom stereocenters. The van der Waals surface area contributed by atoms with Crippen LogP contribution in [0, 0.1) is 5.92 Å². The molecule has 3 aliphatic heterocycles. The van der Waals surface area contributed by atoms with Gasteiger partial charge in [0, 0.05) is 40.0 Å². The van der Waals surface area contributed by atoms with Crippen molar-refractivity contribution in [3.05, 3.63) is 46.5 Å². The average Bonchev–Trinajstić information content (AvgIpc) is 3.80. The Morgan fingerprint density at radius 3 is 2.62 bits per heavy atom. The summed E-state index contributed by atoms with van der Waals surface area (Å²) in [7, 11) is 6.04. The van der Waals surface area contributed by atoms with Crippen molar-refractivity contribution in [1.82, 2.24) is 10.2 Å². The van der Waals surface area contributed by atoms with Gasteiger partial charge in [0.25, 0.3) is 0 Å². The van der Waals surface area contributed by atoms with Crippen molar-refractivity contribution < 1.29 is 48.0 Å². The van der Waals surface area contributed by atoms with Gasteiger partial charge in [-0.2, -0.15) is 12.6 Å². The predicted octanol–water partition coefficient (Wildman–Crippen LogP) is 4.61. The van der Waals surface area contributed by atoms with Crippen molar-refractivity contribution in [1.29, 1.82) is 0 Å². The van der Waals surface area contributed by atoms with Crippen LogP contribution in [0.1, 0.15) is 65.4 Å². The number of esters is 1. The number of alkyl carbamates (subject to hydrolysis) is 1. The third-order valence-corrected chi connectivity index (χ3v) is 11.0. The van der Waals surface area contributed by atoms with E-state index in [2.05, 4.69) is 17.9 Å². The number of unbranched alkanes of at least 4 members (excludes halogenated alkanes) is 1. The van der Waals surface area contributed by atoms with E-state index in [1.54, 1.807) is 52.1 Å². The van der Waals surface area contributed by atoms with Crippen molar-refractivity contribution in [3.8, 4) is 5.75 Å². The van der Waals surface area contributed by atoms with Crippen molar-refractivity contribution in [2.24, 2.45) is 5.92 Å². The SMILES string of the molecule is COc1cc2cc(c1Cl)N(C)C(=O)CC(OC(=O)C(C)N(C)C(=O)CCCCS)C1(C)OC1C(C)C1CC(O)(NC(=O)O1)C(OC)/C=C/C=C(\C)C2. The topological polar surface area (TPSA) is 156 Å². The molecular weight excluding hydrogens is 714 g/mol. The Bertz CT molecular complexity index is 1570. The molecule has 1 aromatic rings. The Hall–Kier alpha value is -3.30. The minimum absolute atomic E-state index is 0.0468. The van der Waals surface area contributed by atoms with E-state index in [0.717, 1.165) is 17.6 Å². The maximum absolute atomic E-state index is 14.1. The Morgan fingerprint density at radius 2 is 1.96 bits per heavy atom. The van der Waals surface area contributed by atoms with Gasteiger partial charge in [-0.25, -0.2) is 9.59 Å². The fourth-order valence-corrected chi connectivity index (χ4v) is 7.32. The highest BCUT2D eigenvalue weighted by Crippen LogP contribution is 2.49. The molecule has 0 aliphatic carbocycles. The van der Waals surface area contributed by atoms with Crippen LogP contribution in [-0.2, 0) is 39.8 Å². The first-order chi connectivity index (χ1) is 24.5. The summed E-state index contributed by atoms with van der Waals surface area (Å²) in [6.45, 7) is 7.01. The Labute approximate surface area is 316 Å². The first-order valence-electron chi connectivity index (χ1n) is 17.4. The molecule has 2 fully saturated rings. The predicted molar refractivity (Wildman–Crippen MR) is 199 cm³/mol. The van der Waals surface area contributed by atoms with Crippen LogP contribution in [0.5, 0.6) is 5.75 Å². The summed E-state index contributed by atoms with van der Waals surface area (Å²) in [5.74, 6) is -0.862. The monoisotopic (exact) mass is 765 g/mol. The average molecular weight is 766 g/mol. The number of halogens is 1. The number of hydrogen-bond acceptors (Lipinski definition) is 11. The van der Waals surface area contributed by atoms with E-state index in [1.165, 1.54) is 31.1 Å². The van der Waals surface area contributed by atoms with Gasteiger partial charge < -0.3 is 38.6 Å². The minimum atomic E-state index is -1.82. The third-order valence-electron chi connectivity index (χ3n) is 10.3. The molecule has 4 rings (SSSR count). The van der Waals surface area contributed by atoms with Crippen molar-refractivity contribution in [2.75, 3.05) is 39.0 Å². The molecule has 13 nitrogen and oxygen atoms in total. The lowest BCUT2D eigenvalue weighted by Crippen LogP contribution is -2.63. The summed E-state index contributed by atoms with van der Waals surface area (Å²) in [4.78, 5) is 56.2. The van der Waals surface area contributed by atoms with Crippen LogP contribution in [0.2, 0.25) is 5.02 Å². The van der Waals surface area contributed by atoms with Gasteiger partial charge in [-0.3, -0.25) is 14.9 Å². The van der Waals surface area contributed by atoms with Crippen LogP contribution < -0.4 is 15.0 Å². The normalized spacial score (nSPS) is 31.6. The number of hydrogen-bond donors (Lipinski definition) is 3.